The molecule has 1 N–H and O–H groups in total. The molecule has 1 heterocycles. The maximum atomic E-state index is 5.95. The molecule has 2 aromatic rings. The summed E-state index contributed by atoms with van der Waals surface area (Å²) in [5.74, 6) is 1.02. The predicted octanol–water partition coefficient (Wildman–Crippen LogP) is 3.65. The number of nitrogens with zero attached hydrogens (tertiary/aromatic N) is 2. The summed E-state index contributed by atoms with van der Waals surface area (Å²) in [5.41, 5.74) is 0.797. The minimum absolute atomic E-state index is 0.373. The van der Waals surface area contributed by atoms with Crippen LogP contribution in [0.15, 0.2) is 27.1 Å². The zero-order chi connectivity index (χ0) is 13.1. The molecule has 0 unspecified atom stereocenters. The summed E-state index contributed by atoms with van der Waals surface area (Å²) >= 11 is 9.39. The van der Waals surface area contributed by atoms with E-state index in [-0.39, 0.29) is 0 Å². The summed E-state index contributed by atoms with van der Waals surface area (Å²) in [5, 5.41) is 11.9. The number of hydrogen-bond donors (Lipinski definition) is 1. The minimum Gasteiger partial charge on any atom is -0.419 e. The van der Waals surface area contributed by atoms with Gasteiger partial charge in [0.05, 0.1) is 12.1 Å². The molecule has 2 rings (SSSR count). The average molecular weight is 331 g/mol. The van der Waals surface area contributed by atoms with Gasteiger partial charge in [0, 0.05) is 15.5 Å². The third-order valence-electron chi connectivity index (χ3n) is 2.29. The third-order valence-corrected chi connectivity index (χ3v) is 3.21. The molecule has 1 aromatic heterocycles. The lowest BCUT2D eigenvalue weighted by Gasteiger charge is -2.03. The van der Waals surface area contributed by atoms with Crippen LogP contribution in [0.25, 0.3) is 11.5 Å². The molecule has 1 aromatic carbocycles. The van der Waals surface area contributed by atoms with Gasteiger partial charge in [0.2, 0.25) is 11.8 Å². The van der Waals surface area contributed by atoms with Crippen molar-refractivity contribution < 1.29 is 4.42 Å². The van der Waals surface area contributed by atoms with Crippen molar-refractivity contribution in [1.29, 1.82) is 0 Å². The van der Waals surface area contributed by atoms with E-state index >= 15 is 0 Å². The van der Waals surface area contributed by atoms with E-state index in [9.17, 15) is 0 Å². The maximum Gasteiger partial charge on any atom is 0.249 e. The molecule has 0 radical (unpaired) electrons. The van der Waals surface area contributed by atoms with Crippen LogP contribution >= 0.6 is 27.5 Å². The quantitative estimate of drug-likeness (QED) is 0.929. The predicted molar refractivity (Wildman–Crippen MR) is 74.4 cm³/mol. The Balaban J connectivity index is 2.21. The van der Waals surface area contributed by atoms with Crippen LogP contribution in [0.4, 0.5) is 0 Å². The van der Waals surface area contributed by atoms with E-state index in [0.717, 1.165) is 10.0 Å². The van der Waals surface area contributed by atoms with Crippen LogP contribution in [0.3, 0.4) is 0 Å². The molecule has 0 bridgehead atoms. The van der Waals surface area contributed by atoms with Crippen molar-refractivity contribution in [3.63, 3.8) is 0 Å². The number of rotatable bonds is 4. The van der Waals surface area contributed by atoms with Crippen LogP contribution in [0, 0.1) is 0 Å². The van der Waals surface area contributed by atoms with Gasteiger partial charge >= 0.3 is 0 Å². The lowest BCUT2D eigenvalue weighted by molar-refractivity contribution is 0.458. The molecule has 0 aliphatic carbocycles. The molecular formula is C12H13BrClN3O. The van der Waals surface area contributed by atoms with Crippen LogP contribution in [-0.4, -0.2) is 16.2 Å². The number of aromatic nitrogens is 2. The van der Waals surface area contributed by atoms with Crippen LogP contribution in [0.1, 0.15) is 19.7 Å². The van der Waals surface area contributed by atoms with Gasteiger partial charge in [-0.05, 0) is 34.1 Å². The first-order chi connectivity index (χ1) is 8.56. The van der Waals surface area contributed by atoms with Gasteiger partial charge < -0.3 is 9.73 Å². The highest BCUT2D eigenvalue weighted by Crippen LogP contribution is 2.29. The minimum atomic E-state index is 0.373. The molecule has 18 heavy (non-hydrogen) atoms. The van der Waals surface area contributed by atoms with Crippen LogP contribution in [0.5, 0.6) is 0 Å². The number of nitrogens with one attached hydrogen (secondary N) is 1. The summed E-state index contributed by atoms with van der Waals surface area (Å²) in [7, 11) is 0. The largest absolute Gasteiger partial charge is 0.419 e. The van der Waals surface area contributed by atoms with Crippen molar-refractivity contribution >= 4 is 27.5 Å². The average Bonchev–Trinajstić information content (AvgIpc) is 2.78. The molecule has 6 heteroatoms. The summed E-state index contributed by atoms with van der Waals surface area (Å²) in [6.45, 7) is 4.68. The first kappa shape index (κ1) is 13.5. The molecule has 4 nitrogen and oxygen atoms in total. The molecule has 0 amide bonds. The molecule has 0 saturated heterocycles. The Morgan fingerprint density at radius 3 is 2.89 bits per heavy atom. The Hall–Kier alpha value is -0.910. The van der Waals surface area contributed by atoms with Gasteiger partial charge in [-0.15, -0.1) is 10.2 Å². The molecule has 0 aliphatic rings. The standard InChI is InChI=1S/C12H13BrClN3O/c1-7(2)15-6-11-16-17-12(18-11)9-5-8(14)3-4-10(9)13/h3-5,7,15H,6H2,1-2H3. The van der Waals surface area contributed by atoms with E-state index in [1.807, 2.05) is 6.07 Å². The Morgan fingerprint density at radius 1 is 1.39 bits per heavy atom. The highest BCUT2D eigenvalue weighted by molar-refractivity contribution is 9.10. The van der Waals surface area contributed by atoms with Crippen molar-refractivity contribution in [2.24, 2.45) is 0 Å². The Bertz CT molecular complexity index is 542. The van der Waals surface area contributed by atoms with Gasteiger partial charge in [0.25, 0.3) is 0 Å². The Kier molecular flexibility index (Phi) is 4.37. The van der Waals surface area contributed by atoms with Crippen LogP contribution < -0.4 is 5.32 Å². The van der Waals surface area contributed by atoms with Crippen molar-refractivity contribution in [3.05, 3.63) is 33.6 Å². The first-order valence-corrected chi connectivity index (χ1v) is 6.74. The van der Waals surface area contributed by atoms with Crippen LogP contribution in [-0.2, 0) is 6.54 Å². The number of benzene rings is 1. The summed E-state index contributed by atoms with van der Waals surface area (Å²) in [6.07, 6.45) is 0. The molecule has 96 valence electrons. The van der Waals surface area contributed by atoms with E-state index in [1.54, 1.807) is 12.1 Å². The molecule has 0 atom stereocenters. The zero-order valence-corrected chi connectivity index (χ0v) is 12.4. The Labute approximate surface area is 119 Å². The SMILES string of the molecule is CC(C)NCc1nnc(-c2cc(Cl)ccc2Br)o1. The fraction of sp³-hybridized carbons (Fsp3) is 0.333. The van der Waals surface area contributed by atoms with E-state index in [4.69, 9.17) is 16.0 Å². The highest BCUT2D eigenvalue weighted by atomic mass is 79.9. The van der Waals surface area contributed by atoms with Crippen molar-refractivity contribution in [3.8, 4) is 11.5 Å². The van der Waals surface area contributed by atoms with Gasteiger partial charge in [-0.3, -0.25) is 0 Å². The van der Waals surface area contributed by atoms with E-state index < -0.39 is 0 Å². The summed E-state index contributed by atoms with van der Waals surface area (Å²) in [6, 6.07) is 5.82. The lowest BCUT2D eigenvalue weighted by atomic mass is 10.2. The van der Waals surface area contributed by atoms with Gasteiger partial charge in [0.1, 0.15) is 0 Å². The number of hydrogen-bond acceptors (Lipinski definition) is 4. The Morgan fingerprint density at radius 2 is 2.17 bits per heavy atom. The maximum absolute atomic E-state index is 5.95. The highest BCUT2D eigenvalue weighted by Gasteiger charge is 2.12. The topological polar surface area (TPSA) is 51.0 Å². The van der Waals surface area contributed by atoms with Gasteiger partial charge in [0.15, 0.2) is 0 Å². The summed E-state index contributed by atoms with van der Waals surface area (Å²) in [4.78, 5) is 0. The first-order valence-electron chi connectivity index (χ1n) is 5.57. The second-order valence-corrected chi connectivity index (χ2v) is 5.45. The fourth-order valence-corrected chi connectivity index (χ4v) is 1.98. The molecule has 0 aliphatic heterocycles. The van der Waals surface area contributed by atoms with Crippen molar-refractivity contribution in [2.75, 3.05) is 0 Å². The van der Waals surface area contributed by atoms with E-state index in [2.05, 4.69) is 45.3 Å². The monoisotopic (exact) mass is 329 g/mol. The van der Waals surface area contributed by atoms with Gasteiger partial charge in [-0.2, -0.15) is 0 Å². The van der Waals surface area contributed by atoms with E-state index in [0.29, 0.717) is 29.4 Å². The van der Waals surface area contributed by atoms with E-state index in [1.165, 1.54) is 0 Å². The third kappa shape index (κ3) is 3.31. The van der Waals surface area contributed by atoms with Crippen molar-refractivity contribution in [2.45, 2.75) is 26.4 Å². The summed E-state index contributed by atoms with van der Waals surface area (Å²) < 4.78 is 6.46. The number of halogens is 2. The van der Waals surface area contributed by atoms with Gasteiger partial charge in [-0.25, -0.2) is 0 Å². The van der Waals surface area contributed by atoms with Gasteiger partial charge in [-0.1, -0.05) is 25.4 Å². The van der Waals surface area contributed by atoms with Crippen molar-refractivity contribution in [1.82, 2.24) is 15.5 Å². The lowest BCUT2D eigenvalue weighted by Crippen LogP contribution is -2.21. The fourth-order valence-electron chi connectivity index (χ4n) is 1.39. The second-order valence-electron chi connectivity index (χ2n) is 4.16. The zero-order valence-electron chi connectivity index (χ0n) is 10.1. The molecule has 0 spiro atoms. The second kappa shape index (κ2) is 5.82. The smallest absolute Gasteiger partial charge is 0.249 e. The molecular weight excluding hydrogens is 318 g/mol. The van der Waals surface area contributed by atoms with Crippen LogP contribution in [0.2, 0.25) is 5.02 Å². The molecule has 0 fully saturated rings. The molecule has 0 saturated carbocycles. The normalized spacial score (nSPS) is 11.2.